The normalized spacial score (nSPS) is 10.9. The van der Waals surface area contributed by atoms with Crippen molar-refractivity contribution >= 4 is 24.2 Å². The number of carbonyl (C=O) groups is 2. The zero-order valence-electron chi connectivity index (χ0n) is 21.1. The van der Waals surface area contributed by atoms with Crippen LogP contribution in [0.2, 0.25) is 0 Å². The van der Waals surface area contributed by atoms with Crippen LogP contribution in [0.1, 0.15) is 11.1 Å². The number of benzene rings is 4. The van der Waals surface area contributed by atoms with Gasteiger partial charge in [-0.2, -0.15) is 5.10 Å². The second kappa shape index (κ2) is 13.8. The van der Waals surface area contributed by atoms with E-state index in [0.717, 1.165) is 5.56 Å². The van der Waals surface area contributed by atoms with Gasteiger partial charge in [0.05, 0.1) is 13.3 Å². The maximum atomic E-state index is 12.8. The summed E-state index contributed by atoms with van der Waals surface area (Å²) in [6, 6.07) is 32.0. The first-order valence-corrected chi connectivity index (χ1v) is 12.0. The van der Waals surface area contributed by atoms with Crippen molar-refractivity contribution in [2.75, 3.05) is 7.11 Å². The van der Waals surface area contributed by atoms with Gasteiger partial charge >= 0.3 is 18.2 Å². The highest BCUT2D eigenvalue weighted by Gasteiger charge is 2.22. The van der Waals surface area contributed by atoms with Gasteiger partial charge in [-0.15, -0.1) is 0 Å². The van der Waals surface area contributed by atoms with E-state index in [-0.39, 0.29) is 5.75 Å². The lowest BCUT2D eigenvalue weighted by molar-refractivity contribution is -0.140. The van der Waals surface area contributed by atoms with Crippen LogP contribution in [0.25, 0.3) is 6.08 Å². The molecule has 4 rings (SSSR count). The van der Waals surface area contributed by atoms with Crippen LogP contribution in [0.5, 0.6) is 23.0 Å². The highest BCUT2D eigenvalue weighted by atomic mass is 16.7. The summed E-state index contributed by atoms with van der Waals surface area (Å²) in [5.41, 5.74) is 3.90. The SMILES string of the molecule is COc1cc(/C=N\NC(=O)C(Oc2ccccc2)Oc2ccccc2)ccc1OC(=O)/C=C/c1ccccc1. The van der Waals surface area contributed by atoms with Gasteiger partial charge in [-0.25, -0.2) is 10.2 Å². The van der Waals surface area contributed by atoms with E-state index in [1.165, 1.54) is 19.4 Å². The number of ether oxygens (including phenoxy) is 4. The van der Waals surface area contributed by atoms with Gasteiger partial charge in [0.2, 0.25) is 0 Å². The van der Waals surface area contributed by atoms with Crippen molar-refractivity contribution in [3.05, 3.63) is 126 Å². The molecule has 0 atom stereocenters. The fourth-order valence-corrected chi connectivity index (χ4v) is 3.32. The molecule has 0 saturated heterocycles. The number of methoxy groups -OCH3 is 1. The Kier molecular flexibility index (Phi) is 9.45. The molecule has 0 unspecified atom stereocenters. The standard InChI is InChI=1S/C31H26N2O6/c1-36-28-21-24(17-19-27(28)39-29(34)20-18-23-11-5-2-6-12-23)22-32-33-30(35)31(37-25-13-7-3-8-14-25)38-26-15-9-4-10-16-26/h2-22,31H,1H3,(H,33,35)/b20-18+,32-22-. The Balaban J connectivity index is 1.39. The molecule has 39 heavy (non-hydrogen) atoms. The molecular weight excluding hydrogens is 496 g/mol. The molecule has 0 aliphatic carbocycles. The molecule has 0 spiro atoms. The third kappa shape index (κ3) is 8.33. The number of esters is 1. The zero-order chi connectivity index (χ0) is 27.3. The summed E-state index contributed by atoms with van der Waals surface area (Å²) in [5, 5.41) is 4.02. The van der Waals surface area contributed by atoms with Crippen molar-refractivity contribution in [2.45, 2.75) is 6.29 Å². The first kappa shape index (κ1) is 26.7. The summed E-state index contributed by atoms with van der Waals surface area (Å²) in [7, 11) is 1.46. The smallest absolute Gasteiger partial charge is 0.336 e. The minimum absolute atomic E-state index is 0.244. The number of hydrazone groups is 1. The summed E-state index contributed by atoms with van der Waals surface area (Å²) < 4.78 is 22.2. The Labute approximate surface area is 226 Å². The first-order chi connectivity index (χ1) is 19.1. The molecule has 0 heterocycles. The van der Waals surface area contributed by atoms with Gasteiger partial charge in [0.1, 0.15) is 11.5 Å². The molecule has 1 N–H and O–H groups in total. The van der Waals surface area contributed by atoms with E-state index in [9.17, 15) is 9.59 Å². The highest BCUT2D eigenvalue weighted by molar-refractivity contribution is 5.89. The summed E-state index contributed by atoms with van der Waals surface area (Å²) in [6.07, 6.45) is 3.13. The lowest BCUT2D eigenvalue weighted by atomic mass is 10.2. The fourth-order valence-electron chi connectivity index (χ4n) is 3.32. The molecule has 8 heteroatoms. The highest BCUT2D eigenvalue weighted by Crippen LogP contribution is 2.28. The molecule has 0 aliphatic heterocycles. The van der Waals surface area contributed by atoms with Crippen molar-refractivity contribution in [1.29, 1.82) is 0 Å². The monoisotopic (exact) mass is 522 g/mol. The molecule has 196 valence electrons. The molecule has 0 bridgehead atoms. The number of nitrogens with one attached hydrogen (secondary N) is 1. The number of hydrogen-bond acceptors (Lipinski definition) is 7. The lowest BCUT2D eigenvalue weighted by Crippen LogP contribution is -2.40. The van der Waals surface area contributed by atoms with Gasteiger partial charge in [-0.1, -0.05) is 66.7 Å². The van der Waals surface area contributed by atoms with Crippen LogP contribution < -0.4 is 24.4 Å². The van der Waals surface area contributed by atoms with Crippen LogP contribution >= 0.6 is 0 Å². The zero-order valence-corrected chi connectivity index (χ0v) is 21.1. The minimum atomic E-state index is -1.28. The Bertz CT molecular complexity index is 1380. The molecular formula is C31H26N2O6. The van der Waals surface area contributed by atoms with Crippen molar-refractivity contribution in [3.8, 4) is 23.0 Å². The summed E-state index contributed by atoms with van der Waals surface area (Å²) in [6.45, 7) is 0. The molecule has 0 fully saturated rings. The summed E-state index contributed by atoms with van der Waals surface area (Å²) >= 11 is 0. The second-order valence-corrected chi connectivity index (χ2v) is 8.00. The Hall–Kier alpha value is -5.37. The largest absolute Gasteiger partial charge is 0.493 e. The Morgan fingerprint density at radius 2 is 1.33 bits per heavy atom. The minimum Gasteiger partial charge on any atom is -0.493 e. The number of hydrogen-bond donors (Lipinski definition) is 1. The van der Waals surface area contributed by atoms with Crippen LogP contribution in [-0.2, 0) is 9.59 Å². The van der Waals surface area contributed by atoms with Crippen LogP contribution in [-0.4, -0.2) is 31.5 Å². The van der Waals surface area contributed by atoms with E-state index in [4.69, 9.17) is 18.9 Å². The fraction of sp³-hybridized carbons (Fsp3) is 0.0645. The van der Waals surface area contributed by atoms with Crippen LogP contribution in [0.3, 0.4) is 0 Å². The van der Waals surface area contributed by atoms with Gasteiger partial charge in [-0.05, 0) is 59.7 Å². The third-order valence-electron chi connectivity index (χ3n) is 5.18. The van der Waals surface area contributed by atoms with E-state index in [1.807, 2.05) is 42.5 Å². The Morgan fingerprint density at radius 3 is 1.92 bits per heavy atom. The van der Waals surface area contributed by atoms with Crippen LogP contribution in [0.4, 0.5) is 0 Å². The van der Waals surface area contributed by atoms with E-state index < -0.39 is 18.2 Å². The molecule has 0 saturated carbocycles. The molecule has 0 radical (unpaired) electrons. The van der Waals surface area contributed by atoms with Gasteiger partial charge in [0, 0.05) is 6.08 Å². The van der Waals surface area contributed by atoms with Crippen molar-refractivity contribution in [1.82, 2.24) is 5.43 Å². The average molecular weight is 523 g/mol. The molecule has 4 aromatic carbocycles. The number of amides is 1. The Morgan fingerprint density at radius 1 is 0.744 bits per heavy atom. The van der Waals surface area contributed by atoms with Gasteiger partial charge in [0.15, 0.2) is 11.5 Å². The number of nitrogens with zero attached hydrogens (tertiary/aromatic N) is 1. The summed E-state index contributed by atoms with van der Waals surface area (Å²) in [5.74, 6) is 0.339. The first-order valence-electron chi connectivity index (χ1n) is 12.0. The van der Waals surface area contributed by atoms with Crippen LogP contribution in [0, 0.1) is 0 Å². The molecule has 1 amide bonds. The van der Waals surface area contributed by atoms with Crippen molar-refractivity contribution < 1.29 is 28.5 Å². The van der Waals surface area contributed by atoms with Crippen molar-refractivity contribution in [3.63, 3.8) is 0 Å². The predicted octanol–water partition coefficient (Wildman–Crippen LogP) is 5.25. The second-order valence-electron chi connectivity index (χ2n) is 8.00. The maximum absolute atomic E-state index is 12.8. The maximum Gasteiger partial charge on any atom is 0.336 e. The molecule has 8 nitrogen and oxygen atoms in total. The lowest BCUT2D eigenvalue weighted by Gasteiger charge is -2.18. The number of rotatable bonds is 11. The van der Waals surface area contributed by atoms with E-state index in [1.54, 1.807) is 72.8 Å². The third-order valence-corrected chi connectivity index (χ3v) is 5.18. The topological polar surface area (TPSA) is 95.5 Å². The van der Waals surface area contributed by atoms with Crippen molar-refractivity contribution in [2.24, 2.45) is 5.10 Å². The number of carbonyl (C=O) groups excluding carboxylic acids is 2. The predicted molar refractivity (Wildman–Crippen MR) is 148 cm³/mol. The van der Waals surface area contributed by atoms with E-state index in [2.05, 4.69) is 10.5 Å². The molecule has 4 aromatic rings. The summed E-state index contributed by atoms with van der Waals surface area (Å²) in [4.78, 5) is 25.1. The molecule has 0 aliphatic rings. The number of para-hydroxylation sites is 2. The molecule has 0 aromatic heterocycles. The quantitative estimate of drug-likeness (QED) is 0.0722. The van der Waals surface area contributed by atoms with Gasteiger partial charge in [-0.3, -0.25) is 4.79 Å². The van der Waals surface area contributed by atoms with Crippen LogP contribution in [0.15, 0.2) is 120 Å². The van der Waals surface area contributed by atoms with E-state index in [0.29, 0.717) is 22.8 Å². The van der Waals surface area contributed by atoms with E-state index >= 15 is 0 Å². The van der Waals surface area contributed by atoms with Gasteiger partial charge in [0.25, 0.3) is 0 Å². The van der Waals surface area contributed by atoms with Gasteiger partial charge < -0.3 is 18.9 Å². The average Bonchev–Trinajstić information content (AvgIpc) is 2.98.